The predicted molar refractivity (Wildman–Crippen MR) is 88.1 cm³/mol. The first kappa shape index (κ1) is 16.0. The van der Waals surface area contributed by atoms with Gasteiger partial charge in [0.25, 0.3) is 0 Å². The lowest BCUT2D eigenvalue weighted by Crippen LogP contribution is -2.16. The van der Waals surface area contributed by atoms with Gasteiger partial charge in [0.05, 0.1) is 18.8 Å². The van der Waals surface area contributed by atoms with Crippen LogP contribution in [0.2, 0.25) is 0 Å². The van der Waals surface area contributed by atoms with Gasteiger partial charge in [0.1, 0.15) is 17.4 Å². The van der Waals surface area contributed by atoms with Crippen LogP contribution < -0.4 is 4.74 Å². The summed E-state index contributed by atoms with van der Waals surface area (Å²) in [5.74, 6) is 0.244. The van der Waals surface area contributed by atoms with Crippen molar-refractivity contribution in [3.8, 4) is 16.3 Å². The fourth-order valence-electron chi connectivity index (χ4n) is 2.49. The standard InChI is InChI=1S/C17H19NO4S/c1-11-9-18-16(23-11)12-6-13(17(19)20-2)8-15(7-12)22-10-14-4-3-5-21-14/h6-9,14H,3-5,10H2,1-2H3/t14-/m0/s1. The molecule has 0 radical (unpaired) electrons. The van der Waals surface area contributed by atoms with Crippen molar-refractivity contribution in [1.29, 1.82) is 0 Å². The SMILES string of the molecule is COC(=O)c1cc(OC[C@@H]2CCCO2)cc(-c2ncc(C)s2)c1. The van der Waals surface area contributed by atoms with Gasteiger partial charge in [-0.1, -0.05) is 0 Å². The molecule has 1 saturated heterocycles. The third kappa shape index (κ3) is 3.89. The number of ether oxygens (including phenoxy) is 3. The van der Waals surface area contributed by atoms with Crippen molar-refractivity contribution in [2.24, 2.45) is 0 Å². The first-order chi connectivity index (χ1) is 11.2. The van der Waals surface area contributed by atoms with Crippen molar-refractivity contribution < 1.29 is 19.0 Å². The zero-order valence-corrected chi connectivity index (χ0v) is 14.0. The summed E-state index contributed by atoms with van der Waals surface area (Å²) in [6.07, 6.45) is 4.02. The number of hydrogen-bond donors (Lipinski definition) is 0. The van der Waals surface area contributed by atoms with E-state index in [1.54, 1.807) is 23.5 Å². The molecule has 0 unspecified atom stereocenters. The summed E-state index contributed by atoms with van der Waals surface area (Å²) in [6.45, 7) is 3.28. The predicted octanol–water partition coefficient (Wildman–Crippen LogP) is 3.46. The highest BCUT2D eigenvalue weighted by Gasteiger charge is 2.17. The molecule has 0 saturated carbocycles. The molecule has 1 atom stereocenters. The number of nitrogens with zero attached hydrogens (tertiary/aromatic N) is 1. The molecule has 0 aliphatic carbocycles. The van der Waals surface area contributed by atoms with Crippen molar-refractivity contribution in [1.82, 2.24) is 4.98 Å². The van der Waals surface area contributed by atoms with E-state index in [-0.39, 0.29) is 12.1 Å². The molecule has 3 rings (SSSR count). The third-order valence-corrected chi connectivity index (χ3v) is 4.62. The third-order valence-electron chi connectivity index (χ3n) is 3.66. The molecule has 23 heavy (non-hydrogen) atoms. The fraction of sp³-hybridized carbons (Fsp3) is 0.412. The van der Waals surface area contributed by atoms with Gasteiger partial charge in [-0.05, 0) is 38.0 Å². The van der Waals surface area contributed by atoms with Crippen LogP contribution in [0, 0.1) is 6.92 Å². The number of carbonyl (C=O) groups is 1. The van der Waals surface area contributed by atoms with Gasteiger partial charge in [-0.25, -0.2) is 9.78 Å². The number of thiazole rings is 1. The quantitative estimate of drug-likeness (QED) is 0.784. The molecular formula is C17H19NO4S. The Kier molecular flexibility index (Phi) is 4.93. The average Bonchev–Trinajstić information content (AvgIpc) is 3.23. The maximum absolute atomic E-state index is 11.9. The highest BCUT2D eigenvalue weighted by Crippen LogP contribution is 2.30. The zero-order valence-electron chi connectivity index (χ0n) is 13.2. The average molecular weight is 333 g/mol. The number of methoxy groups -OCH3 is 1. The Morgan fingerprint density at radius 3 is 2.96 bits per heavy atom. The molecule has 1 aliphatic heterocycles. The van der Waals surface area contributed by atoms with Crippen LogP contribution in [0.5, 0.6) is 5.75 Å². The van der Waals surface area contributed by atoms with Gasteiger partial charge >= 0.3 is 5.97 Å². The molecule has 0 bridgehead atoms. The Morgan fingerprint density at radius 2 is 2.30 bits per heavy atom. The van der Waals surface area contributed by atoms with Gasteiger partial charge in [-0.3, -0.25) is 0 Å². The molecule has 1 aromatic carbocycles. The van der Waals surface area contributed by atoms with Gasteiger partial charge in [0, 0.05) is 23.2 Å². The van der Waals surface area contributed by atoms with E-state index in [2.05, 4.69) is 4.98 Å². The van der Waals surface area contributed by atoms with Crippen LogP contribution in [0.1, 0.15) is 28.1 Å². The van der Waals surface area contributed by atoms with E-state index < -0.39 is 0 Å². The van der Waals surface area contributed by atoms with Crippen molar-refractivity contribution in [3.63, 3.8) is 0 Å². The lowest BCUT2D eigenvalue weighted by molar-refractivity contribution is 0.0598. The molecule has 1 aliphatic rings. The number of benzene rings is 1. The minimum absolute atomic E-state index is 0.127. The maximum Gasteiger partial charge on any atom is 0.338 e. The molecule has 2 aromatic rings. The number of rotatable bonds is 5. The molecule has 0 N–H and O–H groups in total. The van der Waals surface area contributed by atoms with Gasteiger partial charge in [-0.2, -0.15) is 0 Å². The second kappa shape index (κ2) is 7.10. The van der Waals surface area contributed by atoms with E-state index in [9.17, 15) is 4.79 Å². The highest BCUT2D eigenvalue weighted by atomic mass is 32.1. The molecule has 1 aromatic heterocycles. The smallest absolute Gasteiger partial charge is 0.338 e. The topological polar surface area (TPSA) is 57.7 Å². The number of carbonyl (C=O) groups excluding carboxylic acids is 1. The molecule has 2 heterocycles. The Morgan fingerprint density at radius 1 is 1.43 bits per heavy atom. The molecule has 122 valence electrons. The van der Waals surface area contributed by atoms with E-state index in [1.165, 1.54) is 7.11 Å². The summed E-state index contributed by atoms with van der Waals surface area (Å²) in [4.78, 5) is 17.4. The number of aromatic nitrogens is 1. The number of hydrogen-bond acceptors (Lipinski definition) is 6. The second-order valence-electron chi connectivity index (χ2n) is 5.46. The van der Waals surface area contributed by atoms with Gasteiger partial charge in [0.15, 0.2) is 0 Å². The second-order valence-corrected chi connectivity index (χ2v) is 6.69. The minimum atomic E-state index is -0.387. The van der Waals surface area contributed by atoms with Crippen molar-refractivity contribution in [3.05, 3.63) is 34.8 Å². The zero-order chi connectivity index (χ0) is 16.2. The largest absolute Gasteiger partial charge is 0.491 e. The van der Waals surface area contributed by atoms with Crippen molar-refractivity contribution in [2.45, 2.75) is 25.9 Å². The van der Waals surface area contributed by atoms with E-state index in [0.717, 1.165) is 34.9 Å². The van der Waals surface area contributed by atoms with Crippen molar-refractivity contribution >= 4 is 17.3 Å². The summed E-state index contributed by atoms with van der Waals surface area (Å²) in [5, 5.41) is 0.857. The van der Waals surface area contributed by atoms with E-state index in [4.69, 9.17) is 14.2 Å². The summed E-state index contributed by atoms with van der Waals surface area (Å²) in [5.41, 5.74) is 1.31. The lowest BCUT2D eigenvalue weighted by Gasteiger charge is -2.13. The molecular weight excluding hydrogens is 314 g/mol. The Hall–Kier alpha value is -1.92. The van der Waals surface area contributed by atoms with Gasteiger partial charge in [0.2, 0.25) is 0 Å². The van der Waals surface area contributed by atoms with E-state index >= 15 is 0 Å². The first-order valence-corrected chi connectivity index (χ1v) is 8.38. The van der Waals surface area contributed by atoms with Crippen LogP contribution in [0.25, 0.3) is 10.6 Å². The van der Waals surface area contributed by atoms with Crippen LogP contribution in [-0.4, -0.2) is 37.4 Å². The summed E-state index contributed by atoms with van der Waals surface area (Å²) >= 11 is 1.58. The Bertz CT molecular complexity index is 692. The minimum Gasteiger partial charge on any atom is -0.491 e. The van der Waals surface area contributed by atoms with Crippen LogP contribution in [-0.2, 0) is 9.47 Å². The van der Waals surface area contributed by atoms with E-state index in [0.29, 0.717) is 17.9 Å². The van der Waals surface area contributed by atoms with Crippen LogP contribution in [0.15, 0.2) is 24.4 Å². The summed E-state index contributed by atoms with van der Waals surface area (Å²) in [6, 6.07) is 5.38. The fourth-order valence-corrected chi connectivity index (χ4v) is 3.25. The van der Waals surface area contributed by atoms with Crippen molar-refractivity contribution in [2.75, 3.05) is 20.3 Å². The van der Waals surface area contributed by atoms with Crippen LogP contribution in [0.3, 0.4) is 0 Å². The number of aryl methyl sites for hydroxylation is 1. The Balaban J connectivity index is 1.86. The van der Waals surface area contributed by atoms with Crippen LogP contribution >= 0.6 is 11.3 Å². The number of esters is 1. The first-order valence-electron chi connectivity index (χ1n) is 7.56. The van der Waals surface area contributed by atoms with Crippen LogP contribution in [0.4, 0.5) is 0 Å². The summed E-state index contributed by atoms with van der Waals surface area (Å²) < 4.78 is 16.2. The molecule has 6 heteroatoms. The molecule has 5 nitrogen and oxygen atoms in total. The highest BCUT2D eigenvalue weighted by molar-refractivity contribution is 7.14. The Labute approximate surface area is 139 Å². The monoisotopic (exact) mass is 333 g/mol. The van der Waals surface area contributed by atoms with Gasteiger partial charge < -0.3 is 14.2 Å². The molecule has 0 amide bonds. The van der Waals surface area contributed by atoms with Gasteiger partial charge in [-0.15, -0.1) is 11.3 Å². The molecule has 1 fully saturated rings. The molecule has 0 spiro atoms. The van der Waals surface area contributed by atoms with E-state index in [1.807, 2.05) is 19.2 Å². The summed E-state index contributed by atoms with van der Waals surface area (Å²) in [7, 11) is 1.37. The normalized spacial score (nSPS) is 17.2. The maximum atomic E-state index is 11.9. The lowest BCUT2D eigenvalue weighted by atomic mass is 10.1.